The second-order valence-corrected chi connectivity index (χ2v) is 33.2. The number of ether oxygens (including phenoxy) is 3. The van der Waals surface area contributed by atoms with Gasteiger partial charge in [-0.3, -0.25) is 28.1 Å². The van der Waals surface area contributed by atoms with Crippen molar-refractivity contribution in [2.75, 3.05) is 21.3 Å². The molecule has 0 aliphatic carbocycles. The van der Waals surface area contributed by atoms with Crippen LogP contribution in [0.3, 0.4) is 0 Å². The van der Waals surface area contributed by atoms with Crippen LogP contribution in [0.5, 0.6) is 23.0 Å². The maximum atomic E-state index is 13.0. The monoisotopic (exact) mass is 1730 g/mol. The Labute approximate surface area is 682 Å². The highest BCUT2D eigenvalue weighted by Gasteiger charge is 2.24. The molecule has 15 rings (SSSR count). The van der Waals surface area contributed by atoms with Gasteiger partial charge in [-0.15, -0.1) is 0 Å². The Morgan fingerprint density at radius 2 is 0.719 bits per heavy atom. The lowest BCUT2D eigenvalue weighted by Crippen LogP contribution is -2.18. The summed E-state index contributed by atoms with van der Waals surface area (Å²) in [6.45, 7) is 5.74. The summed E-state index contributed by atoms with van der Waals surface area (Å²) in [6, 6.07) is 60.7. The van der Waals surface area contributed by atoms with Gasteiger partial charge in [0.05, 0.1) is 86.7 Å². The minimum atomic E-state index is -3.66. The van der Waals surface area contributed by atoms with Gasteiger partial charge in [-0.05, 0) is 217 Å². The van der Waals surface area contributed by atoms with Crippen LogP contribution in [0.4, 0.5) is 0 Å². The number of hydrogen-bond donors (Lipinski definition) is 1. The summed E-state index contributed by atoms with van der Waals surface area (Å²) < 4.78 is 118. The van der Waals surface area contributed by atoms with E-state index in [0.717, 1.165) is 43.4 Å². The van der Waals surface area contributed by atoms with Gasteiger partial charge in [0.1, 0.15) is 59.0 Å². The molecule has 0 saturated carbocycles. The van der Waals surface area contributed by atoms with Crippen LogP contribution >= 0.6 is 60.6 Å². The average molecular weight is 1740 g/mol. The van der Waals surface area contributed by atoms with Crippen molar-refractivity contribution in [2.24, 2.45) is 0 Å². The highest BCUT2D eigenvalue weighted by atomic mass is 79.9. The number of methoxy groups -OCH3 is 3. The maximum Gasteiger partial charge on any atom is 0.569 e. The van der Waals surface area contributed by atoms with Gasteiger partial charge in [0, 0.05) is 72.1 Å². The van der Waals surface area contributed by atoms with E-state index in [0.29, 0.717) is 113 Å². The van der Waals surface area contributed by atoms with Gasteiger partial charge in [0.2, 0.25) is 0 Å². The molecule has 585 valence electrons. The van der Waals surface area contributed by atoms with E-state index in [2.05, 4.69) is 31.4 Å². The lowest BCUT2D eigenvalue weighted by atomic mass is 10.0. The molecule has 6 heterocycles. The highest BCUT2D eigenvalue weighted by molar-refractivity contribution is 9.10. The van der Waals surface area contributed by atoms with Crippen LogP contribution in [0.1, 0.15) is 41.2 Å². The molecule has 114 heavy (non-hydrogen) atoms. The number of hydrogen-bond acceptors (Lipinski definition) is 20. The molecule has 1 radical (unpaired) electrons. The Kier molecular flexibility index (Phi) is 27.7. The lowest BCUT2D eigenvalue weighted by Gasteiger charge is -2.16. The second-order valence-electron chi connectivity index (χ2n) is 25.1. The Balaban J connectivity index is 0.000000169. The highest BCUT2D eigenvalue weighted by Crippen LogP contribution is 2.37. The summed E-state index contributed by atoms with van der Waals surface area (Å²) in [6.07, 6.45) is 3.99. The molecular weight excluding hydrogens is 1670 g/mol. The molecule has 0 fully saturated rings. The molecular formula is C82H71BBrCl3N6O17PS3. The van der Waals surface area contributed by atoms with E-state index >= 15 is 0 Å². The first-order valence-corrected chi connectivity index (χ1v) is 40.5. The van der Waals surface area contributed by atoms with E-state index < -0.39 is 29.5 Å². The first-order chi connectivity index (χ1) is 53.6. The molecule has 15 aromatic rings. The van der Waals surface area contributed by atoms with E-state index in [1.165, 1.54) is 94.2 Å². The molecule has 1 atom stereocenters. The van der Waals surface area contributed by atoms with Gasteiger partial charge in [-0.25, -0.2) is 25.3 Å². The summed E-state index contributed by atoms with van der Waals surface area (Å²) in [4.78, 5) is 39.0. The number of nitrogens with zero attached hydrogens (tertiary/aromatic N) is 6. The van der Waals surface area contributed by atoms with Crippen molar-refractivity contribution in [3.8, 4) is 62.3 Å². The van der Waals surface area contributed by atoms with Crippen molar-refractivity contribution in [1.29, 1.82) is 0 Å². The van der Waals surface area contributed by atoms with Crippen molar-refractivity contribution in [3.05, 3.63) is 322 Å². The zero-order chi connectivity index (χ0) is 79.8. The average Bonchev–Trinajstić information content (AvgIpc) is 0.811. The molecule has 32 heteroatoms. The van der Waals surface area contributed by atoms with Crippen LogP contribution in [0, 0.1) is 20.8 Å². The number of aromatic nitrogens is 6. The Hall–Kier alpha value is -10.9. The molecule has 0 aliphatic heterocycles. The predicted molar refractivity (Wildman–Crippen MR) is 451 cm³/mol. The van der Waals surface area contributed by atoms with Gasteiger partial charge in [0.15, 0.2) is 29.5 Å². The summed E-state index contributed by atoms with van der Waals surface area (Å²) >= 11 is 21.5. The maximum absolute atomic E-state index is 13.0. The van der Waals surface area contributed by atoms with Gasteiger partial charge in [0.25, 0.3) is 16.7 Å². The van der Waals surface area contributed by atoms with Crippen molar-refractivity contribution in [2.45, 2.75) is 60.1 Å². The quantitative estimate of drug-likeness (QED) is 0.0581. The summed E-state index contributed by atoms with van der Waals surface area (Å²) in [5.41, 5.74) is 10.1. The zero-order valence-electron chi connectivity index (χ0n) is 60.8. The number of pyridine rings is 3. The number of fused-ring (bicyclic) bond motifs is 3. The lowest BCUT2D eigenvalue weighted by molar-refractivity contribution is 0.412. The van der Waals surface area contributed by atoms with Crippen molar-refractivity contribution in [3.63, 3.8) is 0 Å². The predicted octanol–water partition coefficient (Wildman–Crippen LogP) is 17.2. The number of rotatable bonds is 19. The smallest absolute Gasteiger partial charge is 0.537 e. The first kappa shape index (κ1) is 85.5. The van der Waals surface area contributed by atoms with Gasteiger partial charge in [-0.2, -0.15) is 9.90 Å². The van der Waals surface area contributed by atoms with Crippen LogP contribution in [0.2, 0.25) is 15.1 Å². The Morgan fingerprint density at radius 1 is 0.404 bits per heavy atom. The largest absolute Gasteiger partial charge is 0.569 e. The van der Waals surface area contributed by atoms with Crippen LogP contribution in [-0.2, 0) is 46.8 Å². The molecule has 0 aliphatic rings. The summed E-state index contributed by atoms with van der Waals surface area (Å²) in [5, 5.41) is 23.2. The normalized spacial score (nSPS) is 11.2. The Morgan fingerprint density at radius 3 is 1.04 bits per heavy atom. The third-order valence-corrected chi connectivity index (χ3v) is 24.4. The van der Waals surface area contributed by atoms with E-state index in [9.17, 15) is 39.6 Å². The summed E-state index contributed by atoms with van der Waals surface area (Å²) in [5.74, 6) is 1.25. The Bertz CT molecular complexity index is 6340. The fraction of sp³-hybridized carbons (Fsp3) is 0.122. The minimum absolute atomic E-state index is 0. The van der Waals surface area contributed by atoms with Crippen molar-refractivity contribution in [1.82, 2.24) is 29.2 Å². The topological polar surface area (TPSA) is 304 Å². The third-order valence-electron chi connectivity index (χ3n) is 17.7. The molecule has 9 aromatic carbocycles. The zero-order valence-corrected chi connectivity index (χ0v) is 68.5. The second kappa shape index (κ2) is 36.9. The van der Waals surface area contributed by atoms with E-state index in [1.807, 2.05) is 93.6 Å². The molecule has 0 amide bonds. The molecule has 0 bridgehead atoms. The minimum Gasteiger partial charge on any atom is -0.537 e. The van der Waals surface area contributed by atoms with E-state index in [1.54, 1.807) is 105 Å². The third kappa shape index (κ3) is 19.5. The molecule has 1 N–H and O–H groups in total. The van der Waals surface area contributed by atoms with Crippen LogP contribution in [-0.4, -0.2) is 88.5 Å². The summed E-state index contributed by atoms with van der Waals surface area (Å²) in [7, 11) is -5.70. The molecule has 1 unspecified atom stereocenters. The first-order valence-electron chi connectivity index (χ1n) is 33.6. The van der Waals surface area contributed by atoms with Crippen molar-refractivity contribution < 1.29 is 62.7 Å². The van der Waals surface area contributed by atoms with Crippen LogP contribution in [0.15, 0.2) is 284 Å². The van der Waals surface area contributed by atoms with Crippen molar-refractivity contribution >= 4 is 131 Å². The number of aryl methyl sites for hydroxylation is 3. The van der Waals surface area contributed by atoms with Gasteiger partial charge in [-0.1, -0.05) is 97.9 Å². The van der Waals surface area contributed by atoms with E-state index in [4.69, 9.17) is 72.3 Å². The van der Waals surface area contributed by atoms with Crippen LogP contribution < -0.4 is 35.5 Å². The molecule has 23 nitrogen and oxygen atoms in total. The SMILES string of the molecule is C.COc1cc(-c2ccc(Cl)c(C)c2)ccc1-n1c(=O)ccc2cc(S(=O)(=O)Cc3ccon3)ccc21.COc1cc(-c2ccc(Cl)c(C)c2)ccc1-n1c(=O)ccc2cc(S(=O)(=O)Cc3ccon3)ccc21.COc1cc(Br)ccc1-n1c(=O)ccc2cc(S(=O)(=O)Cc3ccon3)ccc21.Cc1cc(O[B]O)ccc1Cl.P. The van der Waals surface area contributed by atoms with Gasteiger partial charge < -0.3 is 37.5 Å². The van der Waals surface area contributed by atoms with Gasteiger partial charge >= 0.3 is 7.69 Å². The van der Waals surface area contributed by atoms with E-state index in [-0.39, 0.29) is 65.9 Å². The fourth-order valence-corrected chi connectivity index (χ4v) is 16.6. The number of halogens is 4. The fourth-order valence-electron chi connectivity index (χ4n) is 12.1. The van der Waals surface area contributed by atoms with Crippen LogP contribution in [0.25, 0.3) is 72.0 Å². The molecule has 0 saturated heterocycles. The number of sulfone groups is 3. The molecule has 6 aromatic heterocycles. The number of benzene rings is 9. The molecule has 0 spiro atoms. The standard InChI is InChI=1S/2C27H21ClN2O5S.C20H15BrN2O5S.C7H7BClO2.CH4.H3P/c2*1-17-13-18(3-7-23(17)28)19-4-8-25(26(15-19)34-2)30-24-9-6-22(14-20(24)5-10-27(30)31)36(32,33)16-21-11-12-35-29-21;1-27-19-11-14(21)3-5-18(19)23-17-6-4-16(10-13(17)2-7-20(23)24)29(25,26)12-15-8-9-28-22-15;1-5-4-6(11-8-10)2-3-7(5)9;;/h2*3-15H,16H2,1-2H3;2-11H,12H2,1H3;2-4,10H,1H3;1H4;1H3.